The molecule has 11 nitrogen and oxygen atoms in total. The Morgan fingerprint density at radius 2 is 1.53 bits per heavy atom. The number of carbonyl (C=O) groups is 2. The van der Waals surface area contributed by atoms with Gasteiger partial charge in [-0.15, -0.1) is 0 Å². The van der Waals surface area contributed by atoms with Gasteiger partial charge < -0.3 is 29.6 Å². The average molecular weight is 519 g/mol. The van der Waals surface area contributed by atoms with E-state index in [9.17, 15) is 14.4 Å². The van der Waals surface area contributed by atoms with Crippen molar-refractivity contribution in [2.45, 2.75) is 0 Å². The first-order chi connectivity index (χ1) is 18.4. The summed E-state index contributed by atoms with van der Waals surface area (Å²) in [6, 6.07) is 16.4. The van der Waals surface area contributed by atoms with Crippen LogP contribution < -0.4 is 35.1 Å². The largest absolute Gasteiger partial charge is 0.497 e. The van der Waals surface area contributed by atoms with Crippen molar-refractivity contribution < 1.29 is 28.5 Å². The molecule has 0 atom stereocenters. The Hall–Kier alpha value is -5.06. The van der Waals surface area contributed by atoms with E-state index in [1.807, 2.05) is 0 Å². The van der Waals surface area contributed by atoms with Gasteiger partial charge in [0.1, 0.15) is 17.2 Å². The molecule has 196 valence electrons. The highest BCUT2D eigenvalue weighted by Gasteiger charge is 2.20. The number of carbonyl (C=O) groups excluding carboxylic acids is 2. The number of nitrogens with one attached hydrogen (secondary N) is 2. The summed E-state index contributed by atoms with van der Waals surface area (Å²) < 4.78 is 22.2. The molecule has 0 saturated carbocycles. The van der Waals surface area contributed by atoms with Gasteiger partial charge >= 0.3 is 0 Å². The zero-order chi connectivity index (χ0) is 27.2. The minimum absolute atomic E-state index is 0.0306. The van der Waals surface area contributed by atoms with Crippen molar-refractivity contribution in [3.8, 4) is 28.7 Å². The molecule has 11 heteroatoms. The Morgan fingerprint density at radius 3 is 2.21 bits per heavy atom. The fourth-order valence-electron chi connectivity index (χ4n) is 3.84. The zero-order valence-corrected chi connectivity index (χ0v) is 21.2. The second-order valence-electron chi connectivity index (χ2n) is 7.95. The fourth-order valence-corrected chi connectivity index (χ4v) is 3.84. The lowest BCUT2D eigenvalue weighted by atomic mass is 10.1. The van der Waals surface area contributed by atoms with Crippen LogP contribution >= 0.6 is 0 Å². The summed E-state index contributed by atoms with van der Waals surface area (Å²) in [5.41, 5.74) is 0.318. The molecule has 0 spiro atoms. The molecule has 1 aromatic heterocycles. The number of aromatic nitrogens is 2. The van der Waals surface area contributed by atoms with E-state index in [1.165, 1.54) is 28.4 Å². The van der Waals surface area contributed by atoms with Gasteiger partial charge in [0.2, 0.25) is 5.91 Å². The molecule has 0 aliphatic rings. The third-order valence-corrected chi connectivity index (χ3v) is 5.71. The molecule has 4 aromatic rings. The molecule has 0 bridgehead atoms. The van der Waals surface area contributed by atoms with E-state index in [2.05, 4.69) is 15.7 Å². The molecule has 2 amide bonds. The Bertz CT molecular complexity index is 1570. The normalized spacial score (nSPS) is 10.5. The maximum atomic E-state index is 13.3. The molecule has 0 unspecified atom stereocenters. The summed E-state index contributed by atoms with van der Waals surface area (Å²) in [4.78, 5) is 39.0. The van der Waals surface area contributed by atoms with Crippen LogP contribution in [0, 0.1) is 0 Å². The van der Waals surface area contributed by atoms with Gasteiger partial charge in [0.05, 0.1) is 40.4 Å². The Morgan fingerprint density at radius 1 is 0.816 bits per heavy atom. The first kappa shape index (κ1) is 26.0. The second-order valence-corrected chi connectivity index (χ2v) is 7.95. The SMILES string of the molecule is COc1ccc(-n2nc(C(=O)NCC(=O)Nc3ccc(OC)c(OC)c3)c3ccccc3c2=O)c(OC)c1. The van der Waals surface area contributed by atoms with Crippen molar-refractivity contribution in [2.24, 2.45) is 0 Å². The lowest BCUT2D eigenvalue weighted by Gasteiger charge is -2.14. The maximum absolute atomic E-state index is 13.3. The number of fused-ring (bicyclic) bond motifs is 1. The maximum Gasteiger partial charge on any atom is 0.279 e. The van der Waals surface area contributed by atoms with Crippen LogP contribution in [0.15, 0.2) is 65.5 Å². The van der Waals surface area contributed by atoms with Crippen molar-refractivity contribution in [2.75, 3.05) is 40.3 Å². The van der Waals surface area contributed by atoms with Crippen LogP contribution in [0.1, 0.15) is 10.5 Å². The summed E-state index contributed by atoms with van der Waals surface area (Å²) in [5, 5.41) is 10.2. The summed E-state index contributed by atoms with van der Waals surface area (Å²) in [6.45, 7) is -0.339. The Kier molecular flexibility index (Phi) is 7.76. The van der Waals surface area contributed by atoms with Gasteiger partial charge in [-0.2, -0.15) is 9.78 Å². The Balaban J connectivity index is 1.62. The zero-order valence-electron chi connectivity index (χ0n) is 21.2. The lowest BCUT2D eigenvalue weighted by Crippen LogP contribution is -2.35. The highest BCUT2D eigenvalue weighted by Crippen LogP contribution is 2.30. The number of amides is 2. The third kappa shape index (κ3) is 5.21. The van der Waals surface area contributed by atoms with E-state index in [-0.39, 0.29) is 17.6 Å². The van der Waals surface area contributed by atoms with E-state index in [0.29, 0.717) is 39.8 Å². The van der Waals surface area contributed by atoms with Gasteiger partial charge in [0, 0.05) is 23.2 Å². The summed E-state index contributed by atoms with van der Waals surface area (Å²) in [5.74, 6) is 0.708. The first-order valence-electron chi connectivity index (χ1n) is 11.4. The molecule has 0 radical (unpaired) electrons. The van der Waals surface area contributed by atoms with Gasteiger partial charge in [0.15, 0.2) is 17.2 Å². The summed E-state index contributed by atoms with van der Waals surface area (Å²) in [7, 11) is 5.97. The van der Waals surface area contributed by atoms with Gasteiger partial charge in [-0.05, 0) is 30.3 Å². The topological polar surface area (TPSA) is 130 Å². The fraction of sp³-hybridized carbons (Fsp3) is 0.185. The molecular formula is C27H26N4O7. The van der Waals surface area contributed by atoms with Gasteiger partial charge in [-0.25, -0.2) is 0 Å². The highest BCUT2D eigenvalue weighted by molar-refractivity contribution is 6.06. The second kappa shape index (κ2) is 11.3. The van der Waals surface area contributed by atoms with E-state index in [1.54, 1.807) is 60.7 Å². The van der Waals surface area contributed by atoms with Crippen LogP contribution in [0.25, 0.3) is 16.5 Å². The number of ether oxygens (including phenoxy) is 4. The molecule has 0 fully saturated rings. The summed E-state index contributed by atoms with van der Waals surface area (Å²) in [6.07, 6.45) is 0. The molecule has 0 saturated heterocycles. The number of rotatable bonds is 9. The standard InChI is InChI=1S/C27H26N4O7/c1-35-17-10-11-20(22(14-17)37-3)31-27(34)19-8-6-5-7-18(19)25(30-31)26(33)28-15-24(32)29-16-9-12-21(36-2)23(13-16)38-4/h5-14H,15H2,1-4H3,(H,28,33)(H,29,32). The number of benzene rings is 3. The third-order valence-electron chi connectivity index (χ3n) is 5.71. The number of hydrogen-bond donors (Lipinski definition) is 2. The van der Waals surface area contributed by atoms with Crippen LogP contribution in [0.2, 0.25) is 0 Å². The monoisotopic (exact) mass is 518 g/mol. The number of nitrogens with zero attached hydrogens (tertiary/aromatic N) is 2. The van der Waals surface area contributed by atoms with E-state index in [4.69, 9.17) is 18.9 Å². The van der Waals surface area contributed by atoms with Crippen molar-refractivity contribution in [3.05, 3.63) is 76.7 Å². The van der Waals surface area contributed by atoms with Crippen LogP contribution in [0.4, 0.5) is 5.69 Å². The minimum atomic E-state index is -0.634. The summed E-state index contributed by atoms with van der Waals surface area (Å²) >= 11 is 0. The quantitative estimate of drug-likeness (QED) is 0.346. The molecule has 1 heterocycles. The van der Waals surface area contributed by atoms with Gasteiger partial charge in [0.25, 0.3) is 11.5 Å². The highest BCUT2D eigenvalue weighted by atomic mass is 16.5. The van der Waals surface area contributed by atoms with E-state index in [0.717, 1.165) is 4.68 Å². The van der Waals surface area contributed by atoms with Crippen LogP contribution in [-0.2, 0) is 4.79 Å². The van der Waals surface area contributed by atoms with E-state index < -0.39 is 17.4 Å². The van der Waals surface area contributed by atoms with Gasteiger partial charge in [-0.1, -0.05) is 18.2 Å². The van der Waals surface area contributed by atoms with Gasteiger partial charge in [-0.3, -0.25) is 14.4 Å². The minimum Gasteiger partial charge on any atom is -0.497 e. The van der Waals surface area contributed by atoms with Crippen LogP contribution in [-0.4, -0.2) is 56.6 Å². The predicted octanol–water partition coefficient (Wildman–Crippen LogP) is 2.79. The number of methoxy groups -OCH3 is 4. The molecule has 38 heavy (non-hydrogen) atoms. The molecular weight excluding hydrogens is 492 g/mol. The lowest BCUT2D eigenvalue weighted by molar-refractivity contribution is -0.115. The van der Waals surface area contributed by atoms with Crippen LogP contribution in [0.3, 0.4) is 0 Å². The smallest absolute Gasteiger partial charge is 0.279 e. The molecule has 3 aromatic carbocycles. The van der Waals surface area contributed by atoms with Crippen molar-refractivity contribution >= 4 is 28.3 Å². The number of anilines is 1. The first-order valence-corrected chi connectivity index (χ1v) is 11.4. The molecule has 2 N–H and O–H groups in total. The number of hydrogen-bond acceptors (Lipinski definition) is 8. The average Bonchev–Trinajstić information content (AvgIpc) is 2.95. The Labute approximate surface area is 217 Å². The van der Waals surface area contributed by atoms with Crippen LogP contribution in [0.5, 0.6) is 23.0 Å². The van der Waals surface area contributed by atoms with Crippen molar-refractivity contribution in [3.63, 3.8) is 0 Å². The van der Waals surface area contributed by atoms with Crippen molar-refractivity contribution in [1.82, 2.24) is 15.1 Å². The molecule has 0 aliphatic heterocycles. The predicted molar refractivity (Wildman–Crippen MR) is 141 cm³/mol. The molecule has 4 rings (SSSR count). The molecule has 0 aliphatic carbocycles. The van der Waals surface area contributed by atoms with E-state index >= 15 is 0 Å². The van der Waals surface area contributed by atoms with Crippen molar-refractivity contribution in [1.29, 1.82) is 0 Å².